The average Bonchev–Trinajstić information content (AvgIpc) is 2.72. The van der Waals surface area contributed by atoms with Crippen LogP contribution in [0.15, 0.2) is 48.5 Å². The van der Waals surface area contributed by atoms with Crippen LogP contribution < -0.4 is 4.74 Å². The number of fused-ring (bicyclic) bond motifs is 1. The van der Waals surface area contributed by atoms with Crippen molar-refractivity contribution in [1.82, 2.24) is 4.57 Å². The van der Waals surface area contributed by atoms with Gasteiger partial charge in [0.25, 0.3) is 0 Å². The minimum Gasteiger partial charge on any atom is -0.508 e. The van der Waals surface area contributed by atoms with Gasteiger partial charge in [0, 0.05) is 24.0 Å². The Balaban J connectivity index is 1.86. The van der Waals surface area contributed by atoms with Crippen molar-refractivity contribution in [3.05, 3.63) is 60.0 Å². The Morgan fingerprint density at radius 2 is 2.00 bits per heavy atom. The van der Waals surface area contributed by atoms with E-state index in [0.717, 1.165) is 16.6 Å². The van der Waals surface area contributed by atoms with Gasteiger partial charge in [-0.1, -0.05) is 6.07 Å². The van der Waals surface area contributed by atoms with E-state index in [4.69, 9.17) is 4.74 Å². The molecule has 0 saturated heterocycles. The van der Waals surface area contributed by atoms with E-state index in [2.05, 4.69) is 0 Å². The quantitative estimate of drug-likeness (QED) is 0.789. The Kier molecular flexibility index (Phi) is 3.06. The highest BCUT2D eigenvalue weighted by Crippen LogP contribution is 2.22. The van der Waals surface area contributed by atoms with Crippen LogP contribution >= 0.6 is 0 Å². The topological polar surface area (TPSA) is 34.4 Å². The summed E-state index contributed by atoms with van der Waals surface area (Å²) in [6, 6.07) is 13.3. The minimum atomic E-state index is -0.247. The zero-order valence-electron chi connectivity index (χ0n) is 11.0. The van der Waals surface area contributed by atoms with Crippen LogP contribution in [0.2, 0.25) is 0 Å². The summed E-state index contributed by atoms with van der Waals surface area (Å²) in [5, 5.41) is 10.2. The van der Waals surface area contributed by atoms with Gasteiger partial charge in [0.05, 0.1) is 5.69 Å². The molecule has 0 amide bonds. The molecule has 3 nitrogen and oxygen atoms in total. The third-order valence-electron chi connectivity index (χ3n) is 3.31. The largest absolute Gasteiger partial charge is 0.508 e. The van der Waals surface area contributed by atoms with Crippen LogP contribution in [0.1, 0.15) is 5.69 Å². The number of rotatable bonds is 3. The van der Waals surface area contributed by atoms with Gasteiger partial charge in [-0.05, 0) is 36.4 Å². The van der Waals surface area contributed by atoms with Crippen molar-refractivity contribution in [3.8, 4) is 11.5 Å². The van der Waals surface area contributed by atoms with Gasteiger partial charge in [-0.3, -0.25) is 0 Å². The van der Waals surface area contributed by atoms with E-state index in [1.807, 2.05) is 17.7 Å². The highest BCUT2D eigenvalue weighted by atomic mass is 19.1. The summed E-state index contributed by atoms with van der Waals surface area (Å²) in [7, 11) is 1.92. The lowest BCUT2D eigenvalue weighted by molar-refractivity contribution is 0.296. The normalized spacial score (nSPS) is 10.9. The number of hydrogen-bond acceptors (Lipinski definition) is 2. The lowest BCUT2D eigenvalue weighted by Crippen LogP contribution is -2.01. The predicted octanol–water partition coefficient (Wildman–Crippen LogP) is 3.60. The Labute approximate surface area is 115 Å². The number of halogens is 1. The number of hydrogen-bond donors (Lipinski definition) is 1. The van der Waals surface area contributed by atoms with Gasteiger partial charge < -0.3 is 14.4 Å². The van der Waals surface area contributed by atoms with Gasteiger partial charge >= 0.3 is 0 Å². The van der Waals surface area contributed by atoms with Gasteiger partial charge in [0.2, 0.25) is 0 Å². The average molecular weight is 271 g/mol. The molecule has 0 fully saturated rings. The molecule has 0 unspecified atom stereocenters. The van der Waals surface area contributed by atoms with E-state index in [-0.39, 0.29) is 11.6 Å². The lowest BCUT2D eigenvalue weighted by atomic mass is 10.2. The molecule has 0 aliphatic rings. The molecule has 3 rings (SSSR count). The molecule has 4 heteroatoms. The molecule has 1 N–H and O–H groups in total. The molecule has 0 aliphatic carbocycles. The number of phenols is 1. The predicted molar refractivity (Wildman–Crippen MR) is 75.3 cm³/mol. The van der Waals surface area contributed by atoms with Gasteiger partial charge in [0.15, 0.2) is 0 Å². The van der Waals surface area contributed by atoms with Gasteiger partial charge in [-0.25, -0.2) is 4.39 Å². The number of phenolic OH excluding ortho intramolecular Hbond substituents is 1. The fourth-order valence-electron chi connectivity index (χ4n) is 2.25. The van der Waals surface area contributed by atoms with Crippen LogP contribution in [0, 0.1) is 5.82 Å². The van der Waals surface area contributed by atoms with Crippen molar-refractivity contribution in [1.29, 1.82) is 0 Å². The van der Waals surface area contributed by atoms with Crippen LogP contribution in [-0.4, -0.2) is 9.67 Å². The van der Waals surface area contributed by atoms with Gasteiger partial charge in [-0.2, -0.15) is 0 Å². The maximum absolute atomic E-state index is 13.2. The molecule has 20 heavy (non-hydrogen) atoms. The second-order valence-corrected chi connectivity index (χ2v) is 4.68. The molecule has 2 aromatic carbocycles. The SMILES string of the molecule is Cn1c(COc2cccc(O)c2)cc2cc(F)ccc21. The molecule has 102 valence electrons. The van der Waals surface area contributed by atoms with E-state index in [1.165, 1.54) is 12.1 Å². The van der Waals surface area contributed by atoms with Crippen LogP contribution in [0.4, 0.5) is 4.39 Å². The molecule has 0 spiro atoms. The highest BCUT2D eigenvalue weighted by molar-refractivity contribution is 5.81. The number of aryl methyl sites for hydroxylation is 1. The maximum Gasteiger partial charge on any atom is 0.128 e. The lowest BCUT2D eigenvalue weighted by Gasteiger charge is -2.07. The smallest absolute Gasteiger partial charge is 0.128 e. The fraction of sp³-hybridized carbons (Fsp3) is 0.125. The molecule has 0 radical (unpaired) electrons. The van der Waals surface area contributed by atoms with E-state index in [9.17, 15) is 9.50 Å². The summed E-state index contributed by atoms with van der Waals surface area (Å²) in [6.45, 7) is 0.357. The van der Waals surface area contributed by atoms with Crippen molar-refractivity contribution in [3.63, 3.8) is 0 Å². The van der Waals surface area contributed by atoms with Gasteiger partial charge in [0.1, 0.15) is 23.9 Å². The summed E-state index contributed by atoms with van der Waals surface area (Å²) in [5.74, 6) is 0.520. The fourth-order valence-corrected chi connectivity index (χ4v) is 2.25. The molecule has 0 atom stereocenters. The first-order valence-electron chi connectivity index (χ1n) is 6.29. The van der Waals surface area contributed by atoms with Crippen molar-refractivity contribution in [2.24, 2.45) is 7.05 Å². The number of aromatic nitrogens is 1. The summed E-state index contributed by atoms with van der Waals surface area (Å²) in [5.41, 5.74) is 1.90. The number of nitrogens with zero attached hydrogens (tertiary/aromatic N) is 1. The van der Waals surface area contributed by atoms with Crippen molar-refractivity contribution >= 4 is 10.9 Å². The Bertz CT molecular complexity index is 764. The molecule has 0 aliphatic heterocycles. The third kappa shape index (κ3) is 2.32. The highest BCUT2D eigenvalue weighted by Gasteiger charge is 2.07. The van der Waals surface area contributed by atoms with Crippen LogP contribution in [0.5, 0.6) is 11.5 Å². The zero-order chi connectivity index (χ0) is 14.1. The maximum atomic E-state index is 13.2. The summed E-state index contributed by atoms with van der Waals surface area (Å²) >= 11 is 0. The number of aromatic hydroxyl groups is 1. The first-order chi connectivity index (χ1) is 9.63. The molecular formula is C16H14FNO2. The molecule has 0 saturated carbocycles. The summed E-state index contributed by atoms with van der Waals surface area (Å²) in [6.07, 6.45) is 0. The Morgan fingerprint density at radius 1 is 1.15 bits per heavy atom. The Morgan fingerprint density at radius 3 is 2.80 bits per heavy atom. The molecule has 0 bridgehead atoms. The van der Waals surface area contributed by atoms with E-state index >= 15 is 0 Å². The van der Waals surface area contributed by atoms with Crippen molar-refractivity contribution < 1.29 is 14.2 Å². The summed E-state index contributed by atoms with van der Waals surface area (Å²) < 4.78 is 20.8. The molecule has 1 aromatic heterocycles. The first kappa shape index (κ1) is 12.5. The monoisotopic (exact) mass is 271 g/mol. The second kappa shape index (κ2) is 4.89. The third-order valence-corrected chi connectivity index (χ3v) is 3.31. The minimum absolute atomic E-state index is 0.168. The van der Waals surface area contributed by atoms with Gasteiger partial charge in [-0.15, -0.1) is 0 Å². The second-order valence-electron chi connectivity index (χ2n) is 4.68. The summed E-state index contributed by atoms with van der Waals surface area (Å²) in [4.78, 5) is 0. The van der Waals surface area contributed by atoms with Crippen LogP contribution in [0.25, 0.3) is 10.9 Å². The van der Waals surface area contributed by atoms with Crippen LogP contribution in [-0.2, 0) is 13.7 Å². The first-order valence-corrected chi connectivity index (χ1v) is 6.29. The van der Waals surface area contributed by atoms with E-state index in [1.54, 1.807) is 30.3 Å². The van der Waals surface area contributed by atoms with E-state index in [0.29, 0.717) is 12.4 Å². The van der Waals surface area contributed by atoms with Crippen molar-refractivity contribution in [2.45, 2.75) is 6.61 Å². The molecule has 1 heterocycles. The standard InChI is InChI=1S/C16H14FNO2/c1-18-13(8-11-7-12(17)5-6-16(11)18)10-20-15-4-2-3-14(19)9-15/h2-9,19H,10H2,1H3. The number of benzene rings is 2. The van der Waals surface area contributed by atoms with E-state index < -0.39 is 0 Å². The number of ether oxygens (including phenoxy) is 1. The van der Waals surface area contributed by atoms with Crippen LogP contribution in [0.3, 0.4) is 0 Å². The molecule has 3 aromatic rings. The molecular weight excluding hydrogens is 257 g/mol. The zero-order valence-corrected chi connectivity index (χ0v) is 11.0. The van der Waals surface area contributed by atoms with Crippen molar-refractivity contribution in [2.75, 3.05) is 0 Å². The Hall–Kier alpha value is -2.49.